The Balaban J connectivity index is 1.52. The molecule has 4 rings (SSSR count). The zero-order chi connectivity index (χ0) is 17.9. The summed E-state index contributed by atoms with van der Waals surface area (Å²) in [5.41, 5.74) is 2.67. The highest BCUT2D eigenvalue weighted by atomic mass is 16.5. The minimum Gasteiger partial charge on any atom is -0.372 e. The Morgan fingerprint density at radius 1 is 1.38 bits per heavy atom. The lowest BCUT2D eigenvalue weighted by Gasteiger charge is -2.32. The van der Waals surface area contributed by atoms with Crippen molar-refractivity contribution in [2.24, 2.45) is 0 Å². The van der Waals surface area contributed by atoms with Crippen LogP contribution in [0.2, 0.25) is 0 Å². The first kappa shape index (κ1) is 17.0. The Morgan fingerprint density at radius 2 is 2.27 bits per heavy atom. The average molecular weight is 352 g/mol. The van der Waals surface area contributed by atoms with Gasteiger partial charge in [0.2, 0.25) is 0 Å². The highest BCUT2D eigenvalue weighted by Gasteiger charge is 2.28. The lowest BCUT2D eigenvalue weighted by Crippen LogP contribution is -2.39. The molecular weight excluding hydrogens is 328 g/mol. The summed E-state index contributed by atoms with van der Waals surface area (Å²) in [5, 5.41) is 8.95. The molecule has 1 aromatic carbocycles. The molecular formula is C20H24N4O2. The maximum Gasteiger partial charge on any atom is 0.252 e. The first-order valence-corrected chi connectivity index (χ1v) is 9.23. The van der Waals surface area contributed by atoms with Crippen LogP contribution in [0.3, 0.4) is 0 Å². The van der Waals surface area contributed by atoms with Gasteiger partial charge in [-0.2, -0.15) is 5.10 Å². The zero-order valence-electron chi connectivity index (χ0n) is 14.9. The molecule has 0 unspecified atom stereocenters. The van der Waals surface area contributed by atoms with Gasteiger partial charge >= 0.3 is 0 Å². The second-order valence-corrected chi connectivity index (χ2v) is 6.76. The lowest BCUT2D eigenvalue weighted by atomic mass is 9.98. The topological polar surface area (TPSA) is 71.9 Å². The van der Waals surface area contributed by atoms with Crippen molar-refractivity contribution in [2.45, 2.75) is 45.0 Å². The van der Waals surface area contributed by atoms with Gasteiger partial charge in [0.1, 0.15) is 6.10 Å². The van der Waals surface area contributed by atoms with Crippen LogP contribution in [-0.4, -0.2) is 27.4 Å². The number of fused-ring (bicyclic) bond motifs is 1. The van der Waals surface area contributed by atoms with E-state index in [9.17, 15) is 4.79 Å². The number of aromatic amines is 1. The fourth-order valence-electron chi connectivity index (χ4n) is 3.58. The smallest absolute Gasteiger partial charge is 0.252 e. The van der Waals surface area contributed by atoms with Gasteiger partial charge in [-0.1, -0.05) is 18.2 Å². The standard InChI is InChI=1S/C20H24N4O2/c1-2-24-13-16(12-22-24)19-18(8-5-9-26-19)21-11-15-10-14-6-3-4-7-17(14)23-20(15)25/h3-4,6-7,10,12-13,18-19,21H,2,5,8-9,11H2,1H3,(H,23,25)/t18-,19+/m0/s1. The summed E-state index contributed by atoms with van der Waals surface area (Å²) >= 11 is 0. The normalized spacial score (nSPS) is 20.5. The molecule has 0 radical (unpaired) electrons. The molecule has 3 aromatic rings. The van der Waals surface area contributed by atoms with Crippen LogP contribution in [-0.2, 0) is 17.8 Å². The number of rotatable bonds is 5. The molecule has 0 bridgehead atoms. The first-order valence-electron chi connectivity index (χ1n) is 9.23. The van der Waals surface area contributed by atoms with E-state index in [2.05, 4.69) is 22.3 Å². The average Bonchev–Trinajstić information content (AvgIpc) is 3.15. The van der Waals surface area contributed by atoms with Gasteiger partial charge in [-0.3, -0.25) is 9.48 Å². The predicted octanol–water partition coefficient (Wildman–Crippen LogP) is 2.75. The molecule has 3 heterocycles. The summed E-state index contributed by atoms with van der Waals surface area (Å²) in [6, 6.07) is 9.98. The maximum absolute atomic E-state index is 12.4. The number of hydrogen-bond donors (Lipinski definition) is 2. The number of ether oxygens (including phenoxy) is 1. The third-order valence-corrected chi connectivity index (χ3v) is 5.01. The minimum absolute atomic E-state index is 0.0245. The third-order valence-electron chi connectivity index (χ3n) is 5.01. The van der Waals surface area contributed by atoms with E-state index < -0.39 is 0 Å². The molecule has 6 nitrogen and oxygen atoms in total. The third kappa shape index (κ3) is 3.43. The van der Waals surface area contributed by atoms with Crippen molar-refractivity contribution in [3.63, 3.8) is 0 Å². The Morgan fingerprint density at radius 3 is 3.12 bits per heavy atom. The highest BCUT2D eigenvalue weighted by Crippen LogP contribution is 2.28. The van der Waals surface area contributed by atoms with Crippen LogP contribution in [0.1, 0.15) is 37.0 Å². The lowest BCUT2D eigenvalue weighted by molar-refractivity contribution is -0.0112. The molecule has 26 heavy (non-hydrogen) atoms. The van der Waals surface area contributed by atoms with E-state index in [1.165, 1.54) is 0 Å². The Bertz CT molecular complexity index is 946. The number of aryl methyl sites for hydroxylation is 1. The summed E-state index contributed by atoms with van der Waals surface area (Å²) < 4.78 is 7.94. The van der Waals surface area contributed by atoms with Crippen LogP contribution < -0.4 is 10.9 Å². The van der Waals surface area contributed by atoms with E-state index >= 15 is 0 Å². The molecule has 1 saturated heterocycles. The van der Waals surface area contributed by atoms with Crippen LogP contribution in [0.25, 0.3) is 10.9 Å². The van der Waals surface area contributed by atoms with Gasteiger partial charge in [0.15, 0.2) is 0 Å². The van der Waals surface area contributed by atoms with Gasteiger partial charge in [0.05, 0.1) is 6.20 Å². The molecule has 0 amide bonds. The van der Waals surface area contributed by atoms with Crippen molar-refractivity contribution >= 4 is 10.9 Å². The van der Waals surface area contributed by atoms with Gasteiger partial charge < -0.3 is 15.0 Å². The molecule has 2 aromatic heterocycles. The number of benzene rings is 1. The Kier molecular flexibility index (Phi) is 4.86. The predicted molar refractivity (Wildman–Crippen MR) is 101 cm³/mol. The second kappa shape index (κ2) is 7.43. The largest absolute Gasteiger partial charge is 0.372 e. The van der Waals surface area contributed by atoms with E-state index in [1.54, 1.807) is 0 Å². The van der Waals surface area contributed by atoms with Gasteiger partial charge in [-0.15, -0.1) is 0 Å². The van der Waals surface area contributed by atoms with Crippen molar-refractivity contribution in [3.05, 3.63) is 64.2 Å². The molecule has 1 aliphatic heterocycles. The van der Waals surface area contributed by atoms with Crippen molar-refractivity contribution in [2.75, 3.05) is 6.61 Å². The fourth-order valence-corrected chi connectivity index (χ4v) is 3.58. The fraction of sp³-hybridized carbons (Fsp3) is 0.400. The van der Waals surface area contributed by atoms with E-state index in [4.69, 9.17) is 4.74 Å². The van der Waals surface area contributed by atoms with Crippen LogP contribution in [0.4, 0.5) is 0 Å². The zero-order valence-corrected chi connectivity index (χ0v) is 14.9. The number of para-hydroxylation sites is 1. The summed E-state index contributed by atoms with van der Waals surface area (Å²) in [6.45, 7) is 4.20. The summed E-state index contributed by atoms with van der Waals surface area (Å²) in [6.07, 6.45) is 5.95. The van der Waals surface area contributed by atoms with Crippen molar-refractivity contribution < 1.29 is 4.74 Å². The molecule has 0 spiro atoms. The van der Waals surface area contributed by atoms with Crippen LogP contribution in [0.15, 0.2) is 47.5 Å². The Hall–Kier alpha value is -2.44. The van der Waals surface area contributed by atoms with Gasteiger partial charge in [-0.05, 0) is 37.3 Å². The molecule has 0 saturated carbocycles. The van der Waals surface area contributed by atoms with Crippen LogP contribution >= 0.6 is 0 Å². The summed E-state index contributed by atoms with van der Waals surface area (Å²) in [4.78, 5) is 15.3. The van der Waals surface area contributed by atoms with E-state index in [1.807, 2.05) is 47.4 Å². The van der Waals surface area contributed by atoms with Crippen LogP contribution in [0.5, 0.6) is 0 Å². The molecule has 2 atom stereocenters. The number of pyridine rings is 1. The molecule has 6 heteroatoms. The Labute approximate surface area is 152 Å². The number of nitrogens with one attached hydrogen (secondary N) is 2. The highest BCUT2D eigenvalue weighted by molar-refractivity contribution is 5.78. The maximum atomic E-state index is 12.4. The van der Waals surface area contributed by atoms with Gasteiger partial charge in [0.25, 0.3) is 5.56 Å². The van der Waals surface area contributed by atoms with Gasteiger partial charge in [-0.25, -0.2) is 0 Å². The SMILES string of the molecule is CCn1cc([C@H]2OCCC[C@@H]2NCc2cc3ccccc3[nH]c2=O)cn1. The van der Waals surface area contributed by atoms with E-state index in [0.29, 0.717) is 6.54 Å². The second-order valence-electron chi connectivity index (χ2n) is 6.76. The van der Waals surface area contributed by atoms with Crippen molar-refractivity contribution in [3.8, 4) is 0 Å². The molecule has 1 aliphatic rings. The molecule has 2 N–H and O–H groups in total. The minimum atomic E-state index is -0.0386. The first-order chi connectivity index (χ1) is 12.7. The summed E-state index contributed by atoms with van der Waals surface area (Å²) in [7, 11) is 0. The summed E-state index contributed by atoms with van der Waals surface area (Å²) in [5.74, 6) is 0. The number of hydrogen-bond acceptors (Lipinski definition) is 4. The van der Waals surface area contributed by atoms with E-state index in [-0.39, 0.29) is 17.7 Å². The monoisotopic (exact) mass is 352 g/mol. The van der Waals surface area contributed by atoms with Crippen LogP contribution in [0, 0.1) is 0 Å². The quantitative estimate of drug-likeness (QED) is 0.741. The molecule has 136 valence electrons. The number of nitrogens with zero attached hydrogens (tertiary/aromatic N) is 2. The van der Waals surface area contributed by atoms with Gasteiger partial charge in [0, 0.05) is 48.6 Å². The molecule has 1 fully saturated rings. The number of aromatic nitrogens is 3. The van der Waals surface area contributed by atoms with E-state index in [0.717, 1.165) is 48.0 Å². The molecule has 0 aliphatic carbocycles. The van der Waals surface area contributed by atoms with Crippen molar-refractivity contribution in [1.29, 1.82) is 0 Å². The number of H-pyrrole nitrogens is 1. The van der Waals surface area contributed by atoms with Crippen molar-refractivity contribution in [1.82, 2.24) is 20.1 Å².